The van der Waals surface area contributed by atoms with E-state index in [1.807, 2.05) is 12.3 Å². The van der Waals surface area contributed by atoms with Gasteiger partial charge in [-0.2, -0.15) is 0 Å². The van der Waals surface area contributed by atoms with Gasteiger partial charge in [-0.1, -0.05) is 0 Å². The molecule has 0 spiro atoms. The Hall–Kier alpha value is -1.13. The van der Waals surface area contributed by atoms with Crippen LogP contribution in [0.5, 0.6) is 0 Å². The summed E-state index contributed by atoms with van der Waals surface area (Å²) in [6, 6.07) is 4.18. The lowest BCUT2D eigenvalue weighted by atomic mass is 10.2. The van der Waals surface area contributed by atoms with Crippen LogP contribution in [0.15, 0.2) is 23.3 Å². The van der Waals surface area contributed by atoms with Crippen LogP contribution in [0.2, 0.25) is 0 Å². The fourth-order valence-corrected chi connectivity index (χ4v) is 3.29. The fraction of sp³-hybridized carbons (Fsp3) is 0.667. The maximum Gasteiger partial charge on any atom is 0.194 e. The number of likely N-dealkylation sites (N-methyl/N-ethyl adjacent to an activating group) is 1. The smallest absolute Gasteiger partial charge is 0.194 e. The number of nitrogens with one attached hydrogen (secondary N) is 1. The van der Waals surface area contributed by atoms with E-state index >= 15 is 0 Å². The predicted octanol–water partition coefficient (Wildman–Crippen LogP) is 0.983. The Morgan fingerprint density at radius 1 is 1.31 bits per heavy atom. The summed E-state index contributed by atoms with van der Waals surface area (Å²) in [5.41, 5.74) is 1.17. The zero-order chi connectivity index (χ0) is 17.6. The molecule has 2 fully saturated rings. The number of pyridine rings is 1. The number of aliphatic hydroxyl groups is 1. The van der Waals surface area contributed by atoms with Crippen LogP contribution in [-0.2, 0) is 6.54 Å². The summed E-state index contributed by atoms with van der Waals surface area (Å²) in [6.45, 7) is 9.23. The molecule has 0 unspecified atom stereocenters. The summed E-state index contributed by atoms with van der Waals surface area (Å²) in [5.74, 6) is 1.93. The van der Waals surface area contributed by atoms with Crippen molar-refractivity contribution >= 4 is 35.8 Å². The number of anilines is 1. The van der Waals surface area contributed by atoms with Crippen LogP contribution < -0.4 is 10.2 Å². The van der Waals surface area contributed by atoms with E-state index < -0.39 is 0 Å². The number of rotatable bonds is 4. The highest BCUT2D eigenvalue weighted by Gasteiger charge is 2.22. The van der Waals surface area contributed by atoms with Crippen LogP contribution in [0.3, 0.4) is 0 Å². The molecule has 1 aromatic rings. The van der Waals surface area contributed by atoms with Gasteiger partial charge in [-0.25, -0.2) is 9.98 Å². The first-order valence-corrected chi connectivity index (χ1v) is 9.25. The molecule has 3 heterocycles. The average molecular weight is 474 g/mol. The second kappa shape index (κ2) is 10.3. The van der Waals surface area contributed by atoms with Crippen LogP contribution in [0.1, 0.15) is 18.9 Å². The molecular formula is C18H31IN6O. The van der Waals surface area contributed by atoms with Crippen molar-refractivity contribution in [3.05, 3.63) is 23.9 Å². The van der Waals surface area contributed by atoms with Crippen LogP contribution in [0.4, 0.5) is 5.82 Å². The van der Waals surface area contributed by atoms with Gasteiger partial charge in [0.15, 0.2) is 5.96 Å². The first-order chi connectivity index (χ1) is 12.2. The van der Waals surface area contributed by atoms with Gasteiger partial charge in [0, 0.05) is 52.0 Å². The van der Waals surface area contributed by atoms with Gasteiger partial charge in [0.25, 0.3) is 0 Å². The number of hydrogen-bond donors (Lipinski definition) is 2. The molecule has 0 aromatic carbocycles. The third kappa shape index (κ3) is 5.68. The SMILES string of the molecule is CCNC(=NCc1ccnc(N2CCN(C)CC2)c1)N1CC[C@@H](O)C1.I. The molecule has 146 valence electrons. The maximum atomic E-state index is 9.76. The molecule has 2 N–H and O–H groups in total. The van der Waals surface area contributed by atoms with Crippen LogP contribution in [0.25, 0.3) is 0 Å². The highest BCUT2D eigenvalue weighted by atomic mass is 127. The Bertz CT molecular complexity index is 591. The predicted molar refractivity (Wildman–Crippen MR) is 116 cm³/mol. The number of aromatic nitrogens is 1. The minimum absolute atomic E-state index is 0. The molecule has 0 radical (unpaired) electrons. The van der Waals surface area contributed by atoms with Gasteiger partial charge in [-0.3, -0.25) is 0 Å². The fourth-order valence-electron chi connectivity index (χ4n) is 3.29. The molecule has 0 amide bonds. The number of likely N-dealkylation sites (tertiary alicyclic amines) is 1. The first kappa shape index (κ1) is 21.2. The Balaban J connectivity index is 0.00000243. The van der Waals surface area contributed by atoms with Crippen molar-refractivity contribution in [2.24, 2.45) is 4.99 Å². The summed E-state index contributed by atoms with van der Waals surface area (Å²) in [7, 11) is 2.16. The summed E-state index contributed by atoms with van der Waals surface area (Å²) in [6.07, 6.45) is 2.45. The number of β-amino-alcohol motifs (C(OH)–C–C–N with tert-alkyl or cyclic N) is 1. The molecule has 1 atom stereocenters. The molecule has 3 rings (SSSR count). The van der Waals surface area contributed by atoms with Gasteiger partial charge in [0.1, 0.15) is 5.82 Å². The molecule has 26 heavy (non-hydrogen) atoms. The maximum absolute atomic E-state index is 9.76. The average Bonchev–Trinajstić information content (AvgIpc) is 3.06. The minimum atomic E-state index is -0.242. The Labute approximate surface area is 173 Å². The van der Waals surface area contributed by atoms with Gasteiger partial charge in [-0.05, 0) is 38.1 Å². The van der Waals surface area contributed by atoms with E-state index in [-0.39, 0.29) is 30.1 Å². The van der Waals surface area contributed by atoms with Gasteiger partial charge in [-0.15, -0.1) is 24.0 Å². The zero-order valence-corrected chi connectivity index (χ0v) is 18.1. The van der Waals surface area contributed by atoms with Gasteiger partial charge >= 0.3 is 0 Å². The summed E-state index contributed by atoms with van der Waals surface area (Å²) in [5, 5.41) is 13.1. The Morgan fingerprint density at radius 3 is 2.73 bits per heavy atom. The topological polar surface area (TPSA) is 67.2 Å². The van der Waals surface area contributed by atoms with Crippen molar-refractivity contribution in [1.29, 1.82) is 0 Å². The first-order valence-electron chi connectivity index (χ1n) is 9.25. The van der Waals surface area contributed by atoms with E-state index in [4.69, 9.17) is 4.99 Å². The van der Waals surface area contributed by atoms with E-state index in [2.05, 4.69) is 45.0 Å². The number of piperazine rings is 1. The number of nitrogens with zero attached hydrogens (tertiary/aromatic N) is 5. The number of halogens is 1. The van der Waals surface area contributed by atoms with Crippen LogP contribution >= 0.6 is 24.0 Å². The van der Waals surface area contributed by atoms with Gasteiger partial charge < -0.3 is 25.1 Å². The Morgan fingerprint density at radius 2 is 2.08 bits per heavy atom. The second-order valence-electron chi connectivity index (χ2n) is 6.87. The van der Waals surface area contributed by atoms with Crippen molar-refractivity contribution < 1.29 is 5.11 Å². The lowest BCUT2D eigenvalue weighted by molar-refractivity contribution is 0.188. The van der Waals surface area contributed by atoms with Crippen molar-refractivity contribution in [1.82, 2.24) is 20.1 Å². The molecule has 0 aliphatic carbocycles. The molecule has 7 nitrogen and oxygen atoms in total. The van der Waals surface area contributed by atoms with E-state index in [1.54, 1.807) is 0 Å². The monoisotopic (exact) mass is 474 g/mol. The molecule has 8 heteroatoms. The molecule has 1 aromatic heterocycles. The van der Waals surface area contributed by atoms with Gasteiger partial charge in [0.2, 0.25) is 0 Å². The molecule has 2 saturated heterocycles. The number of aliphatic imine (C=N–C) groups is 1. The summed E-state index contributed by atoms with van der Waals surface area (Å²) < 4.78 is 0. The van der Waals surface area contributed by atoms with E-state index in [1.165, 1.54) is 5.56 Å². The van der Waals surface area contributed by atoms with E-state index in [0.717, 1.165) is 57.5 Å². The molecular weight excluding hydrogens is 443 g/mol. The summed E-state index contributed by atoms with van der Waals surface area (Å²) in [4.78, 5) is 16.1. The second-order valence-corrected chi connectivity index (χ2v) is 6.87. The van der Waals surface area contributed by atoms with Crippen LogP contribution in [0, 0.1) is 0 Å². The number of guanidine groups is 1. The van der Waals surface area contributed by atoms with E-state index in [0.29, 0.717) is 13.1 Å². The third-order valence-electron chi connectivity index (χ3n) is 4.85. The van der Waals surface area contributed by atoms with Crippen LogP contribution in [-0.4, -0.2) is 84.8 Å². The normalized spacial score (nSPS) is 21.7. The van der Waals surface area contributed by atoms with Crippen molar-refractivity contribution in [2.45, 2.75) is 26.0 Å². The minimum Gasteiger partial charge on any atom is -0.391 e. The largest absolute Gasteiger partial charge is 0.391 e. The van der Waals surface area contributed by atoms with Crippen molar-refractivity contribution in [2.75, 3.05) is 57.8 Å². The standard InChI is InChI=1S/C18H30N6O.HI/c1-3-19-18(24-7-5-16(25)14-24)21-13-15-4-6-20-17(12-15)23-10-8-22(2)9-11-23;/h4,6,12,16,25H,3,5,7-11,13-14H2,1-2H3,(H,19,21);1H/t16-;/m1./s1. The summed E-state index contributed by atoms with van der Waals surface area (Å²) >= 11 is 0. The number of hydrogen-bond acceptors (Lipinski definition) is 5. The molecule has 0 saturated carbocycles. The quantitative estimate of drug-likeness (QED) is 0.386. The Kier molecular flexibility index (Phi) is 8.36. The molecule has 2 aliphatic heterocycles. The highest BCUT2D eigenvalue weighted by Crippen LogP contribution is 2.16. The van der Waals surface area contributed by atoms with Crippen molar-refractivity contribution in [3.8, 4) is 0 Å². The lowest BCUT2D eigenvalue weighted by Crippen LogP contribution is -2.44. The van der Waals surface area contributed by atoms with E-state index in [9.17, 15) is 5.11 Å². The van der Waals surface area contributed by atoms with Gasteiger partial charge in [0.05, 0.1) is 12.6 Å². The lowest BCUT2D eigenvalue weighted by Gasteiger charge is -2.33. The number of aliphatic hydroxyl groups excluding tert-OH is 1. The third-order valence-corrected chi connectivity index (χ3v) is 4.85. The van der Waals surface area contributed by atoms with Crippen molar-refractivity contribution in [3.63, 3.8) is 0 Å². The highest BCUT2D eigenvalue weighted by molar-refractivity contribution is 14.0. The molecule has 0 bridgehead atoms. The molecule has 2 aliphatic rings. The zero-order valence-electron chi connectivity index (χ0n) is 15.8.